The quantitative estimate of drug-likeness (QED) is 0.832. The predicted octanol–water partition coefficient (Wildman–Crippen LogP) is 1.44. The van der Waals surface area contributed by atoms with E-state index in [0.717, 1.165) is 11.3 Å². The lowest BCUT2D eigenvalue weighted by Crippen LogP contribution is -2.28. The van der Waals surface area contributed by atoms with E-state index in [1.165, 1.54) is 6.08 Å². The zero-order chi connectivity index (χ0) is 17.0. The number of rotatable bonds is 5. The molecule has 1 aliphatic rings. The van der Waals surface area contributed by atoms with Gasteiger partial charge in [0.05, 0.1) is 23.4 Å². The largest absolute Gasteiger partial charge is 0.352 e. The fourth-order valence-corrected chi connectivity index (χ4v) is 4.52. The Labute approximate surface area is 141 Å². The molecule has 1 atom stereocenters. The molecule has 0 unspecified atom stereocenters. The van der Waals surface area contributed by atoms with Gasteiger partial charge in [-0.1, -0.05) is 18.2 Å². The monoisotopic (exact) mass is 345 g/mol. The van der Waals surface area contributed by atoms with Crippen LogP contribution in [0.15, 0.2) is 48.8 Å². The van der Waals surface area contributed by atoms with Crippen LogP contribution in [-0.2, 0) is 14.6 Å². The van der Waals surface area contributed by atoms with E-state index in [4.69, 9.17) is 0 Å². The van der Waals surface area contributed by atoms with Crippen molar-refractivity contribution >= 4 is 21.8 Å². The van der Waals surface area contributed by atoms with E-state index < -0.39 is 9.84 Å². The summed E-state index contributed by atoms with van der Waals surface area (Å²) in [5.41, 5.74) is 1.77. The maximum absolute atomic E-state index is 11.8. The van der Waals surface area contributed by atoms with Gasteiger partial charge in [-0.15, -0.1) is 0 Å². The number of hydrogen-bond donors (Lipinski definition) is 1. The number of nitrogens with zero attached hydrogens (tertiary/aromatic N) is 2. The molecule has 0 radical (unpaired) electrons. The van der Waals surface area contributed by atoms with E-state index in [9.17, 15) is 13.2 Å². The van der Waals surface area contributed by atoms with E-state index in [2.05, 4.69) is 10.4 Å². The predicted molar refractivity (Wildman–Crippen MR) is 92.4 cm³/mol. The Balaban J connectivity index is 1.52. The number of hydrogen-bond acceptors (Lipinski definition) is 4. The first-order valence-corrected chi connectivity index (χ1v) is 9.60. The van der Waals surface area contributed by atoms with Gasteiger partial charge in [-0.05, 0) is 30.5 Å². The molecule has 0 aliphatic carbocycles. The molecule has 1 fully saturated rings. The summed E-state index contributed by atoms with van der Waals surface area (Å²) in [4.78, 5) is 11.8. The van der Waals surface area contributed by atoms with Crippen LogP contribution in [0.25, 0.3) is 11.8 Å². The Kier molecular flexibility index (Phi) is 4.80. The molecule has 1 aliphatic heterocycles. The maximum Gasteiger partial charge on any atom is 0.244 e. The molecule has 7 heteroatoms. The highest BCUT2D eigenvalue weighted by Gasteiger charge is 2.27. The highest BCUT2D eigenvalue weighted by Crippen LogP contribution is 2.17. The summed E-state index contributed by atoms with van der Waals surface area (Å²) in [6.07, 6.45) is 7.27. The lowest BCUT2D eigenvalue weighted by atomic mass is 10.1. The highest BCUT2D eigenvalue weighted by atomic mass is 32.2. The summed E-state index contributed by atoms with van der Waals surface area (Å²) < 4.78 is 24.5. The summed E-state index contributed by atoms with van der Waals surface area (Å²) in [7, 11) is -2.90. The SMILES string of the molecule is O=C(/C=C/c1cnn(-c2ccccc2)c1)NC[C@H]1CCS(=O)(=O)C1. The van der Waals surface area contributed by atoms with E-state index in [1.807, 2.05) is 36.5 Å². The molecule has 1 aromatic heterocycles. The molecule has 6 nitrogen and oxygen atoms in total. The minimum absolute atomic E-state index is 0.0215. The summed E-state index contributed by atoms with van der Waals surface area (Å²) in [5, 5.41) is 7.01. The summed E-state index contributed by atoms with van der Waals surface area (Å²) in [5.74, 6) is 0.183. The third-order valence-electron chi connectivity index (χ3n) is 3.94. The number of carbonyl (C=O) groups excluding carboxylic acids is 1. The maximum atomic E-state index is 11.8. The van der Waals surface area contributed by atoms with E-state index >= 15 is 0 Å². The second-order valence-corrected chi connectivity index (χ2v) is 8.13. The van der Waals surface area contributed by atoms with Gasteiger partial charge in [0.25, 0.3) is 0 Å². The second kappa shape index (κ2) is 7.00. The first-order valence-electron chi connectivity index (χ1n) is 7.78. The van der Waals surface area contributed by atoms with Crippen molar-refractivity contribution < 1.29 is 13.2 Å². The van der Waals surface area contributed by atoms with Crippen LogP contribution in [0, 0.1) is 5.92 Å². The minimum Gasteiger partial charge on any atom is -0.352 e. The molecular formula is C17H19N3O3S. The van der Waals surface area contributed by atoms with Gasteiger partial charge in [-0.2, -0.15) is 5.10 Å². The lowest BCUT2D eigenvalue weighted by Gasteiger charge is -2.07. The van der Waals surface area contributed by atoms with Gasteiger partial charge in [0.15, 0.2) is 9.84 Å². The standard InChI is InChI=1S/C17H19N3O3S/c21-17(18-10-15-8-9-24(22,23)13-15)7-6-14-11-19-20(12-14)16-4-2-1-3-5-16/h1-7,11-12,15H,8-10,13H2,(H,18,21)/b7-6+/t15-/m1/s1. The molecule has 0 saturated carbocycles. The van der Waals surface area contributed by atoms with Crippen LogP contribution in [0.5, 0.6) is 0 Å². The number of aromatic nitrogens is 2. The van der Waals surface area contributed by atoms with Gasteiger partial charge >= 0.3 is 0 Å². The van der Waals surface area contributed by atoms with Gasteiger partial charge in [0.2, 0.25) is 5.91 Å². The summed E-state index contributed by atoms with van der Waals surface area (Å²) in [6, 6.07) is 9.70. The second-order valence-electron chi connectivity index (χ2n) is 5.90. The van der Waals surface area contributed by atoms with Gasteiger partial charge in [-0.3, -0.25) is 4.79 Å². The van der Waals surface area contributed by atoms with Crippen molar-refractivity contribution in [2.24, 2.45) is 5.92 Å². The molecule has 1 saturated heterocycles. The fraction of sp³-hybridized carbons (Fsp3) is 0.294. The van der Waals surface area contributed by atoms with Crippen LogP contribution in [0.3, 0.4) is 0 Å². The number of nitrogens with one attached hydrogen (secondary N) is 1. The van der Waals surface area contributed by atoms with Gasteiger partial charge in [0.1, 0.15) is 0 Å². The molecule has 126 valence electrons. The molecule has 1 amide bonds. The zero-order valence-electron chi connectivity index (χ0n) is 13.1. The van der Waals surface area contributed by atoms with Crippen LogP contribution < -0.4 is 5.32 Å². The molecule has 2 heterocycles. The van der Waals surface area contributed by atoms with E-state index in [1.54, 1.807) is 17.0 Å². The molecule has 1 N–H and O–H groups in total. The van der Waals surface area contributed by atoms with Crippen molar-refractivity contribution in [1.82, 2.24) is 15.1 Å². The Morgan fingerprint density at radius 3 is 2.83 bits per heavy atom. The summed E-state index contributed by atoms with van der Waals surface area (Å²) in [6.45, 7) is 0.395. The Morgan fingerprint density at radius 2 is 2.12 bits per heavy atom. The average Bonchev–Trinajstić information content (AvgIpc) is 3.18. The normalized spacial score (nSPS) is 19.6. The summed E-state index contributed by atoms with van der Waals surface area (Å²) >= 11 is 0. The first-order chi connectivity index (χ1) is 11.5. The molecule has 0 spiro atoms. The Hall–Kier alpha value is -2.41. The Bertz CT molecular complexity index is 841. The van der Waals surface area contributed by atoms with Crippen molar-refractivity contribution in [2.45, 2.75) is 6.42 Å². The average molecular weight is 345 g/mol. The van der Waals surface area contributed by atoms with Crippen molar-refractivity contribution in [3.8, 4) is 5.69 Å². The van der Waals surface area contributed by atoms with E-state index in [0.29, 0.717) is 13.0 Å². The zero-order valence-corrected chi connectivity index (χ0v) is 13.9. The van der Waals surface area contributed by atoms with Crippen LogP contribution in [0.1, 0.15) is 12.0 Å². The van der Waals surface area contributed by atoms with Crippen molar-refractivity contribution in [3.05, 3.63) is 54.4 Å². The fourth-order valence-electron chi connectivity index (χ4n) is 2.65. The van der Waals surface area contributed by atoms with Crippen molar-refractivity contribution in [3.63, 3.8) is 0 Å². The van der Waals surface area contributed by atoms with Crippen LogP contribution in [0.2, 0.25) is 0 Å². The van der Waals surface area contributed by atoms with Gasteiger partial charge < -0.3 is 5.32 Å². The van der Waals surface area contributed by atoms with Gasteiger partial charge in [-0.25, -0.2) is 13.1 Å². The lowest BCUT2D eigenvalue weighted by molar-refractivity contribution is -0.116. The minimum atomic E-state index is -2.90. The number of benzene rings is 1. The Morgan fingerprint density at radius 1 is 1.33 bits per heavy atom. The molecule has 0 bridgehead atoms. The molecule has 2 aromatic rings. The van der Waals surface area contributed by atoms with Crippen LogP contribution in [-0.4, -0.2) is 42.2 Å². The smallest absolute Gasteiger partial charge is 0.244 e. The van der Waals surface area contributed by atoms with Gasteiger partial charge in [0, 0.05) is 24.4 Å². The first kappa shape index (κ1) is 16.4. The molecule has 24 heavy (non-hydrogen) atoms. The molecule has 1 aromatic carbocycles. The van der Waals surface area contributed by atoms with Crippen molar-refractivity contribution in [2.75, 3.05) is 18.1 Å². The highest BCUT2D eigenvalue weighted by molar-refractivity contribution is 7.91. The topological polar surface area (TPSA) is 81.1 Å². The van der Waals surface area contributed by atoms with Crippen LogP contribution >= 0.6 is 0 Å². The van der Waals surface area contributed by atoms with E-state index in [-0.39, 0.29) is 23.3 Å². The van der Waals surface area contributed by atoms with Crippen LogP contribution in [0.4, 0.5) is 0 Å². The molecular weight excluding hydrogens is 326 g/mol. The van der Waals surface area contributed by atoms with Crippen molar-refractivity contribution in [1.29, 1.82) is 0 Å². The number of para-hydroxylation sites is 1. The number of carbonyl (C=O) groups is 1. The number of amides is 1. The number of sulfone groups is 1. The third kappa shape index (κ3) is 4.32. The molecule has 3 rings (SSSR count). The third-order valence-corrected chi connectivity index (χ3v) is 5.78.